The second-order valence-corrected chi connectivity index (χ2v) is 2.02. The zero-order chi connectivity index (χ0) is 8.65. The monoisotopic (exact) mass is 164 g/mol. The normalized spacial score (nSPS) is 10.0. The molecule has 0 saturated heterocycles. The van der Waals surface area contributed by atoms with Crippen LogP contribution in [0.15, 0.2) is 17.5 Å². The van der Waals surface area contributed by atoms with E-state index in [4.69, 9.17) is 5.53 Å². The Hall–Kier alpha value is -1.81. The first kappa shape index (κ1) is 8.29. The van der Waals surface area contributed by atoms with Crippen molar-refractivity contribution >= 4 is 6.08 Å². The van der Waals surface area contributed by atoms with Crippen LogP contribution >= 0.6 is 0 Å². The van der Waals surface area contributed by atoms with Crippen molar-refractivity contribution in [1.29, 1.82) is 0 Å². The molecule has 1 aromatic rings. The quantitative estimate of drug-likeness (QED) is 0.316. The first-order valence-electron chi connectivity index (χ1n) is 3.46. The van der Waals surface area contributed by atoms with Crippen LogP contribution < -0.4 is 0 Å². The van der Waals surface area contributed by atoms with Gasteiger partial charge in [-0.1, -0.05) is 11.2 Å². The maximum Gasteiger partial charge on any atom is 0.147 e. The highest BCUT2D eigenvalue weighted by Crippen LogP contribution is 1.92. The van der Waals surface area contributed by atoms with Crippen molar-refractivity contribution in [3.05, 3.63) is 28.7 Å². The number of aromatic amines is 1. The third kappa shape index (κ3) is 2.85. The Morgan fingerprint density at radius 3 is 3.33 bits per heavy atom. The van der Waals surface area contributed by atoms with E-state index in [-0.39, 0.29) is 0 Å². The van der Waals surface area contributed by atoms with Crippen LogP contribution in [-0.2, 0) is 0 Å². The van der Waals surface area contributed by atoms with Crippen LogP contribution in [-0.4, -0.2) is 21.7 Å². The van der Waals surface area contributed by atoms with Gasteiger partial charge in [0.25, 0.3) is 0 Å². The van der Waals surface area contributed by atoms with E-state index in [0.29, 0.717) is 18.8 Å². The molecule has 0 aliphatic heterocycles. The van der Waals surface area contributed by atoms with E-state index in [9.17, 15) is 0 Å². The predicted octanol–water partition coefficient (Wildman–Crippen LogP) is 1.52. The van der Waals surface area contributed by atoms with Crippen molar-refractivity contribution in [3.8, 4) is 0 Å². The van der Waals surface area contributed by atoms with Gasteiger partial charge >= 0.3 is 0 Å². The molecule has 12 heavy (non-hydrogen) atoms. The lowest BCUT2D eigenvalue weighted by Gasteiger charge is -1.82. The van der Waals surface area contributed by atoms with Crippen molar-refractivity contribution in [2.75, 3.05) is 6.54 Å². The van der Waals surface area contributed by atoms with E-state index >= 15 is 0 Å². The molecule has 1 rings (SSSR count). The van der Waals surface area contributed by atoms with Gasteiger partial charge in [-0.05, 0) is 18.0 Å². The molecule has 0 bridgehead atoms. The molecule has 6 nitrogen and oxygen atoms in total. The molecule has 6 heteroatoms. The number of hydrogen-bond acceptors (Lipinski definition) is 3. The van der Waals surface area contributed by atoms with Crippen LogP contribution in [0.3, 0.4) is 0 Å². The molecule has 62 valence electrons. The summed E-state index contributed by atoms with van der Waals surface area (Å²) >= 11 is 0. The smallest absolute Gasteiger partial charge is 0.147 e. The van der Waals surface area contributed by atoms with Gasteiger partial charge in [0.1, 0.15) is 12.2 Å². The molecule has 1 N–H and O–H groups in total. The van der Waals surface area contributed by atoms with Crippen LogP contribution in [0.5, 0.6) is 0 Å². The van der Waals surface area contributed by atoms with Crippen molar-refractivity contribution < 1.29 is 0 Å². The molecule has 0 aromatic carbocycles. The van der Waals surface area contributed by atoms with Gasteiger partial charge < -0.3 is 0 Å². The first-order chi connectivity index (χ1) is 5.93. The molecule has 1 heterocycles. The Kier molecular flexibility index (Phi) is 3.40. The van der Waals surface area contributed by atoms with Crippen molar-refractivity contribution in [3.63, 3.8) is 0 Å². The van der Waals surface area contributed by atoms with Gasteiger partial charge in [0.15, 0.2) is 0 Å². The van der Waals surface area contributed by atoms with Gasteiger partial charge in [-0.2, -0.15) is 5.10 Å². The number of rotatable bonds is 4. The fourth-order valence-corrected chi connectivity index (χ4v) is 0.667. The van der Waals surface area contributed by atoms with Gasteiger partial charge in [0, 0.05) is 11.5 Å². The molecule has 0 atom stereocenters. The third-order valence-corrected chi connectivity index (χ3v) is 1.17. The topological polar surface area (TPSA) is 90.3 Å². The van der Waals surface area contributed by atoms with E-state index in [1.807, 2.05) is 6.08 Å². The minimum Gasteiger partial charge on any atom is -0.260 e. The summed E-state index contributed by atoms with van der Waals surface area (Å²) in [7, 11) is 0. The molecule has 0 amide bonds. The van der Waals surface area contributed by atoms with Gasteiger partial charge in [0.05, 0.1) is 0 Å². The number of hydrogen-bond donors (Lipinski definition) is 1. The highest BCUT2D eigenvalue weighted by Gasteiger charge is 1.84. The molecule has 1 aromatic heterocycles. The highest BCUT2D eigenvalue weighted by molar-refractivity contribution is 5.38. The number of H-pyrrole nitrogens is 1. The summed E-state index contributed by atoms with van der Waals surface area (Å²) in [6.07, 6.45) is 5.81. The van der Waals surface area contributed by atoms with Gasteiger partial charge in [-0.3, -0.25) is 5.10 Å². The van der Waals surface area contributed by atoms with E-state index in [1.165, 1.54) is 6.33 Å². The van der Waals surface area contributed by atoms with E-state index in [1.54, 1.807) is 6.08 Å². The highest BCUT2D eigenvalue weighted by atomic mass is 15.2. The van der Waals surface area contributed by atoms with Gasteiger partial charge in [-0.25, -0.2) is 4.98 Å². The van der Waals surface area contributed by atoms with E-state index < -0.39 is 0 Å². The largest absolute Gasteiger partial charge is 0.260 e. The van der Waals surface area contributed by atoms with E-state index in [2.05, 4.69) is 25.2 Å². The summed E-state index contributed by atoms with van der Waals surface area (Å²) in [6, 6.07) is 0. The summed E-state index contributed by atoms with van der Waals surface area (Å²) < 4.78 is 0. The van der Waals surface area contributed by atoms with Crippen LogP contribution in [0.2, 0.25) is 0 Å². The van der Waals surface area contributed by atoms with Crippen molar-refractivity contribution in [1.82, 2.24) is 15.2 Å². The molecule has 0 fully saturated rings. The average Bonchev–Trinajstić information content (AvgIpc) is 2.57. The molecular weight excluding hydrogens is 156 g/mol. The Morgan fingerprint density at radius 1 is 1.75 bits per heavy atom. The van der Waals surface area contributed by atoms with Crippen molar-refractivity contribution in [2.24, 2.45) is 5.11 Å². The molecular formula is C6H8N6. The maximum atomic E-state index is 7.96. The first-order valence-corrected chi connectivity index (χ1v) is 3.46. The number of nitrogens with one attached hydrogen (secondary N) is 1. The summed E-state index contributed by atoms with van der Waals surface area (Å²) in [5.41, 5.74) is 7.96. The zero-order valence-corrected chi connectivity index (χ0v) is 6.38. The number of aromatic nitrogens is 3. The molecule has 0 radical (unpaired) electrons. The average molecular weight is 164 g/mol. The van der Waals surface area contributed by atoms with Crippen LogP contribution in [0, 0.1) is 0 Å². The standard InChI is InChI=1S/C6H8N6/c7-12-9-4-2-1-3-6-8-5-10-11-6/h1,3,5H,2,4H2,(H,8,10,11). The molecule has 0 unspecified atom stereocenters. The van der Waals surface area contributed by atoms with Crippen LogP contribution in [0.4, 0.5) is 0 Å². The fourth-order valence-electron chi connectivity index (χ4n) is 0.667. The Bertz CT molecular complexity index is 281. The van der Waals surface area contributed by atoms with Gasteiger partial charge in [0.2, 0.25) is 0 Å². The lowest BCUT2D eigenvalue weighted by molar-refractivity contribution is 0.993. The Balaban J connectivity index is 2.27. The predicted molar refractivity (Wildman–Crippen MR) is 44.0 cm³/mol. The van der Waals surface area contributed by atoms with Crippen LogP contribution in [0.1, 0.15) is 12.2 Å². The minimum absolute atomic E-state index is 0.473. The second kappa shape index (κ2) is 4.92. The third-order valence-electron chi connectivity index (χ3n) is 1.17. The summed E-state index contributed by atoms with van der Waals surface area (Å²) in [6.45, 7) is 0.473. The summed E-state index contributed by atoms with van der Waals surface area (Å²) in [5.74, 6) is 0.705. The fraction of sp³-hybridized carbons (Fsp3) is 0.333. The molecule has 0 aliphatic carbocycles. The lowest BCUT2D eigenvalue weighted by Crippen LogP contribution is -1.76. The second-order valence-electron chi connectivity index (χ2n) is 2.02. The zero-order valence-electron chi connectivity index (χ0n) is 6.38. The summed E-state index contributed by atoms with van der Waals surface area (Å²) in [4.78, 5) is 6.50. The Labute approximate surface area is 69.0 Å². The Morgan fingerprint density at radius 2 is 2.67 bits per heavy atom. The summed E-state index contributed by atoms with van der Waals surface area (Å²) in [5, 5.41) is 9.72. The minimum atomic E-state index is 0.473. The van der Waals surface area contributed by atoms with E-state index in [0.717, 1.165) is 0 Å². The van der Waals surface area contributed by atoms with Crippen LogP contribution in [0.25, 0.3) is 16.5 Å². The number of nitrogens with zero attached hydrogens (tertiary/aromatic N) is 5. The van der Waals surface area contributed by atoms with Crippen molar-refractivity contribution in [2.45, 2.75) is 6.42 Å². The molecule has 0 saturated carbocycles. The SMILES string of the molecule is [N-]=[N+]=NCCC=Cc1ncn[nH]1. The lowest BCUT2D eigenvalue weighted by atomic mass is 10.4. The maximum absolute atomic E-state index is 7.96. The molecule has 0 spiro atoms. The van der Waals surface area contributed by atoms with Gasteiger partial charge in [-0.15, -0.1) is 0 Å². The molecule has 0 aliphatic rings. The number of azide groups is 1.